The molecule has 2 aromatic rings. The molecule has 3 nitrogen and oxygen atoms in total. The highest BCUT2D eigenvalue weighted by Gasteiger charge is 2.10. The van der Waals surface area contributed by atoms with E-state index in [9.17, 15) is 9.18 Å². The van der Waals surface area contributed by atoms with Gasteiger partial charge in [-0.1, -0.05) is 35.3 Å². The maximum absolute atomic E-state index is 13.0. The van der Waals surface area contributed by atoms with Gasteiger partial charge in [0.05, 0.1) is 15.7 Å². The highest BCUT2D eigenvalue weighted by atomic mass is 35.5. The van der Waals surface area contributed by atoms with Crippen molar-refractivity contribution in [1.29, 1.82) is 0 Å². The summed E-state index contributed by atoms with van der Waals surface area (Å²) in [6.07, 6.45) is 2.93. The SMILES string of the molecule is Nc1ccc(/C=C/C(=O)Nc2c(Cl)cc(F)cc2Cl)cc1. The molecule has 0 aliphatic heterocycles. The van der Waals surface area contributed by atoms with Gasteiger partial charge < -0.3 is 11.1 Å². The zero-order valence-electron chi connectivity index (χ0n) is 10.7. The lowest BCUT2D eigenvalue weighted by molar-refractivity contribution is -0.111. The number of nitrogens with one attached hydrogen (secondary N) is 1. The van der Waals surface area contributed by atoms with Gasteiger partial charge in [0.15, 0.2) is 0 Å². The van der Waals surface area contributed by atoms with Gasteiger partial charge >= 0.3 is 0 Å². The number of nitrogen functional groups attached to an aromatic ring is 1. The Morgan fingerprint density at radius 3 is 2.29 bits per heavy atom. The maximum atomic E-state index is 13.0. The molecule has 2 rings (SSSR count). The summed E-state index contributed by atoms with van der Waals surface area (Å²) in [5.41, 5.74) is 7.20. The Bertz CT molecular complexity index is 676. The van der Waals surface area contributed by atoms with Crippen LogP contribution in [0, 0.1) is 5.82 Å². The van der Waals surface area contributed by atoms with Crippen LogP contribution in [0.25, 0.3) is 6.08 Å². The first-order valence-corrected chi connectivity index (χ1v) is 6.70. The Balaban J connectivity index is 2.10. The highest BCUT2D eigenvalue weighted by Crippen LogP contribution is 2.31. The summed E-state index contributed by atoms with van der Waals surface area (Å²) >= 11 is 11.7. The molecular formula is C15H11Cl2FN2O. The van der Waals surface area contributed by atoms with Crippen molar-refractivity contribution in [2.75, 3.05) is 11.1 Å². The van der Waals surface area contributed by atoms with Gasteiger partial charge in [0.2, 0.25) is 5.91 Å². The molecule has 0 unspecified atom stereocenters. The Morgan fingerprint density at radius 2 is 1.71 bits per heavy atom. The number of rotatable bonds is 3. The number of benzene rings is 2. The average molecular weight is 325 g/mol. The van der Waals surface area contributed by atoms with Gasteiger partial charge in [0, 0.05) is 11.8 Å². The summed E-state index contributed by atoms with van der Waals surface area (Å²) in [5.74, 6) is -0.998. The first-order chi connectivity index (χ1) is 9.95. The van der Waals surface area contributed by atoms with Crippen molar-refractivity contribution in [2.24, 2.45) is 0 Å². The second-order valence-corrected chi connectivity index (χ2v) is 5.05. The molecule has 0 saturated heterocycles. The summed E-state index contributed by atoms with van der Waals surface area (Å²) in [7, 11) is 0. The molecule has 6 heteroatoms. The third-order valence-electron chi connectivity index (χ3n) is 2.62. The van der Waals surface area contributed by atoms with E-state index in [1.807, 2.05) is 0 Å². The predicted molar refractivity (Wildman–Crippen MR) is 84.9 cm³/mol. The molecule has 108 valence electrons. The van der Waals surface area contributed by atoms with E-state index in [1.165, 1.54) is 6.08 Å². The molecule has 2 aromatic carbocycles. The molecule has 0 fully saturated rings. The summed E-state index contributed by atoms with van der Waals surface area (Å²) < 4.78 is 13.0. The van der Waals surface area contributed by atoms with Crippen LogP contribution in [0.1, 0.15) is 5.56 Å². The van der Waals surface area contributed by atoms with Crippen molar-refractivity contribution in [3.05, 3.63) is 63.9 Å². The minimum Gasteiger partial charge on any atom is -0.399 e. The largest absolute Gasteiger partial charge is 0.399 e. The van der Waals surface area contributed by atoms with Gasteiger partial charge in [-0.15, -0.1) is 0 Å². The number of hydrogen-bond donors (Lipinski definition) is 2. The third kappa shape index (κ3) is 4.21. The van der Waals surface area contributed by atoms with Crippen molar-refractivity contribution >= 4 is 46.6 Å². The monoisotopic (exact) mass is 324 g/mol. The summed E-state index contributed by atoms with van der Waals surface area (Å²) in [6, 6.07) is 9.16. The van der Waals surface area contributed by atoms with Crippen LogP contribution in [0.4, 0.5) is 15.8 Å². The van der Waals surface area contributed by atoms with Crippen molar-refractivity contribution < 1.29 is 9.18 Å². The van der Waals surface area contributed by atoms with Crippen LogP contribution in [0.5, 0.6) is 0 Å². The molecule has 0 aliphatic carbocycles. The van der Waals surface area contributed by atoms with Crippen LogP contribution in [0.3, 0.4) is 0 Å². The Kier molecular flexibility index (Phi) is 4.83. The fourth-order valence-electron chi connectivity index (χ4n) is 1.61. The smallest absolute Gasteiger partial charge is 0.248 e. The number of anilines is 2. The van der Waals surface area contributed by atoms with Crippen molar-refractivity contribution in [3.63, 3.8) is 0 Å². The second kappa shape index (κ2) is 6.61. The predicted octanol–water partition coefficient (Wildman–Crippen LogP) is 4.37. The minimum absolute atomic E-state index is 0.0363. The molecule has 0 saturated carbocycles. The molecular weight excluding hydrogens is 314 g/mol. The number of nitrogens with two attached hydrogens (primary N) is 1. The van der Waals surface area contributed by atoms with Crippen LogP contribution < -0.4 is 11.1 Å². The Morgan fingerprint density at radius 1 is 1.14 bits per heavy atom. The van der Waals surface area contributed by atoms with Gasteiger partial charge in [0.25, 0.3) is 0 Å². The molecule has 0 heterocycles. The van der Waals surface area contributed by atoms with Crippen LogP contribution in [0.15, 0.2) is 42.5 Å². The van der Waals surface area contributed by atoms with Gasteiger partial charge in [-0.3, -0.25) is 4.79 Å². The van der Waals surface area contributed by atoms with Crippen molar-refractivity contribution in [3.8, 4) is 0 Å². The Hall–Kier alpha value is -2.04. The molecule has 0 radical (unpaired) electrons. The lowest BCUT2D eigenvalue weighted by Gasteiger charge is -2.07. The lowest BCUT2D eigenvalue weighted by Crippen LogP contribution is -2.08. The average Bonchev–Trinajstić information content (AvgIpc) is 2.42. The lowest BCUT2D eigenvalue weighted by atomic mass is 10.2. The van der Waals surface area contributed by atoms with Gasteiger partial charge in [-0.05, 0) is 35.9 Å². The third-order valence-corrected chi connectivity index (χ3v) is 3.21. The number of amides is 1. The van der Waals surface area contributed by atoms with Gasteiger partial charge in [0.1, 0.15) is 5.82 Å². The molecule has 1 amide bonds. The quantitative estimate of drug-likeness (QED) is 0.650. The molecule has 0 atom stereocenters. The van der Waals surface area contributed by atoms with Crippen LogP contribution in [-0.4, -0.2) is 5.91 Å². The fraction of sp³-hybridized carbons (Fsp3) is 0. The van der Waals surface area contributed by atoms with Crippen LogP contribution in [0.2, 0.25) is 10.0 Å². The standard InChI is InChI=1S/C15H11Cl2FN2O/c16-12-7-10(18)8-13(17)15(12)20-14(21)6-3-9-1-4-11(19)5-2-9/h1-8H,19H2,(H,20,21)/b6-3+. The van der Waals surface area contributed by atoms with Crippen molar-refractivity contribution in [2.45, 2.75) is 0 Å². The molecule has 0 aromatic heterocycles. The summed E-state index contributed by atoms with van der Waals surface area (Å²) in [5, 5.41) is 2.58. The molecule has 3 N–H and O–H groups in total. The molecule has 0 spiro atoms. The van der Waals surface area contributed by atoms with E-state index in [-0.39, 0.29) is 15.7 Å². The number of hydrogen-bond acceptors (Lipinski definition) is 2. The van der Waals surface area contributed by atoms with E-state index in [0.717, 1.165) is 17.7 Å². The summed E-state index contributed by atoms with van der Waals surface area (Å²) in [4.78, 5) is 11.8. The maximum Gasteiger partial charge on any atom is 0.248 e. The normalized spacial score (nSPS) is 10.8. The van der Waals surface area contributed by atoms with Crippen LogP contribution >= 0.6 is 23.2 Å². The summed E-state index contributed by atoms with van der Waals surface area (Å²) in [6.45, 7) is 0. The fourth-order valence-corrected chi connectivity index (χ4v) is 2.16. The number of halogens is 3. The minimum atomic E-state index is -0.569. The molecule has 21 heavy (non-hydrogen) atoms. The van der Waals surface area contributed by atoms with Gasteiger partial charge in [-0.2, -0.15) is 0 Å². The molecule has 0 aliphatic rings. The van der Waals surface area contributed by atoms with E-state index < -0.39 is 11.7 Å². The first-order valence-electron chi connectivity index (χ1n) is 5.95. The highest BCUT2D eigenvalue weighted by molar-refractivity contribution is 6.39. The van der Waals surface area contributed by atoms with Crippen molar-refractivity contribution in [1.82, 2.24) is 0 Å². The van der Waals surface area contributed by atoms with Crippen LogP contribution in [-0.2, 0) is 4.79 Å². The Labute approximate surface area is 131 Å². The second-order valence-electron chi connectivity index (χ2n) is 4.23. The topological polar surface area (TPSA) is 55.1 Å². The number of carbonyl (C=O) groups is 1. The zero-order valence-corrected chi connectivity index (χ0v) is 12.3. The van der Waals surface area contributed by atoms with E-state index in [0.29, 0.717) is 5.69 Å². The molecule has 0 bridgehead atoms. The number of carbonyl (C=O) groups excluding carboxylic acids is 1. The first kappa shape index (κ1) is 15.4. The van der Waals surface area contributed by atoms with E-state index >= 15 is 0 Å². The zero-order chi connectivity index (χ0) is 15.4. The van der Waals surface area contributed by atoms with E-state index in [4.69, 9.17) is 28.9 Å². The van der Waals surface area contributed by atoms with Gasteiger partial charge in [-0.25, -0.2) is 4.39 Å². The van der Waals surface area contributed by atoms with E-state index in [2.05, 4.69) is 5.32 Å². The van der Waals surface area contributed by atoms with E-state index in [1.54, 1.807) is 30.3 Å².